The lowest BCUT2D eigenvalue weighted by Gasteiger charge is -2.10. The van der Waals surface area contributed by atoms with E-state index in [1.54, 1.807) is 24.3 Å². The van der Waals surface area contributed by atoms with Gasteiger partial charge in [0.25, 0.3) is 0 Å². The van der Waals surface area contributed by atoms with Crippen molar-refractivity contribution >= 4 is 45.6 Å². The second-order valence-corrected chi connectivity index (χ2v) is 5.80. The van der Waals surface area contributed by atoms with Crippen LogP contribution >= 0.6 is 11.6 Å². The number of benzene rings is 2. The van der Waals surface area contributed by atoms with Crippen LogP contribution in [-0.4, -0.2) is 22.4 Å². The van der Waals surface area contributed by atoms with Gasteiger partial charge in [0.05, 0.1) is 17.0 Å². The molecule has 1 heterocycles. The molecule has 0 saturated carbocycles. The molecule has 2 aromatic carbocycles. The zero-order valence-electron chi connectivity index (χ0n) is 13.5. The predicted octanol–water partition coefficient (Wildman–Crippen LogP) is 4.41. The predicted molar refractivity (Wildman–Crippen MR) is 98.9 cm³/mol. The van der Waals surface area contributed by atoms with Crippen molar-refractivity contribution in [2.24, 2.45) is 0 Å². The molecule has 8 heteroatoms. The van der Waals surface area contributed by atoms with Crippen molar-refractivity contribution in [2.45, 2.75) is 6.42 Å². The molecule has 1 amide bonds. The molecule has 0 aliphatic heterocycles. The van der Waals surface area contributed by atoms with Gasteiger partial charge in [-0.1, -0.05) is 11.6 Å². The van der Waals surface area contributed by atoms with Gasteiger partial charge in [-0.3, -0.25) is 4.79 Å². The summed E-state index contributed by atoms with van der Waals surface area (Å²) in [6.07, 6.45) is 1.54. The standard InChI is InChI=1S/C18H13ClFN5O/c1-21-7-6-17(26)24-11-3-5-16-13(8-11)18(23-10-22-16)25-12-2-4-15(20)14(19)9-12/h2-5,8-10H,6-7H2,(H,24,26)(H,22,23,25). The van der Waals surface area contributed by atoms with E-state index in [1.807, 2.05) is 0 Å². The number of rotatable bonds is 5. The highest BCUT2D eigenvalue weighted by Gasteiger charge is 2.09. The van der Waals surface area contributed by atoms with Crippen molar-refractivity contribution in [2.75, 3.05) is 17.2 Å². The minimum atomic E-state index is -0.505. The SMILES string of the molecule is [C-]#[N+]CCC(=O)Nc1ccc2ncnc(Nc3ccc(F)c(Cl)c3)c2c1. The number of carbonyl (C=O) groups is 1. The van der Waals surface area contributed by atoms with Gasteiger partial charge in [-0.2, -0.15) is 0 Å². The molecule has 2 N–H and O–H groups in total. The number of fused-ring (bicyclic) bond motifs is 1. The van der Waals surface area contributed by atoms with E-state index in [1.165, 1.54) is 18.5 Å². The Kier molecular flexibility index (Phi) is 5.25. The van der Waals surface area contributed by atoms with Gasteiger partial charge in [-0.25, -0.2) is 20.9 Å². The number of hydrogen-bond acceptors (Lipinski definition) is 4. The lowest BCUT2D eigenvalue weighted by molar-refractivity contribution is -0.115. The molecule has 0 radical (unpaired) electrons. The van der Waals surface area contributed by atoms with Gasteiger partial charge in [0.15, 0.2) is 0 Å². The fourth-order valence-electron chi connectivity index (χ4n) is 2.33. The summed E-state index contributed by atoms with van der Waals surface area (Å²) in [6.45, 7) is 6.87. The summed E-state index contributed by atoms with van der Waals surface area (Å²) in [7, 11) is 0. The van der Waals surface area contributed by atoms with E-state index in [0.717, 1.165) is 0 Å². The minimum absolute atomic E-state index is 0.00104. The average molecular weight is 370 g/mol. The lowest BCUT2D eigenvalue weighted by atomic mass is 10.2. The molecule has 0 atom stereocenters. The molecular formula is C18H13ClFN5O. The van der Waals surface area contributed by atoms with Gasteiger partial charge in [0.1, 0.15) is 18.0 Å². The minimum Gasteiger partial charge on any atom is -0.340 e. The molecule has 130 valence electrons. The van der Waals surface area contributed by atoms with Crippen molar-refractivity contribution in [1.29, 1.82) is 0 Å². The molecule has 0 unspecified atom stereocenters. The van der Waals surface area contributed by atoms with Gasteiger partial charge in [-0.05, 0) is 36.4 Å². The van der Waals surface area contributed by atoms with Crippen LogP contribution in [0.3, 0.4) is 0 Å². The molecule has 26 heavy (non-hydrogen) atoms. The van der Waals surface area contributed by atoms with E-state index < -0.39 is 5.82 Å². The Hall–Kier alpha value is -3.24. The van der Waals surface area contributed by atoms with Gasteiger partial charge < -0.3 is 15.5 Å². The van der Waals surface area contributed by atoms with E-state index in [2.05, 4.69) is 25.4 Å². The first-order valence-electron chi connectivity index (χ1n) is 7.67. The third-order valence-corrected chi connectivity index (χ3v) is 3.84. The number of hydrogen-bond donors (Lipinski definition) is 2. The highest BCUT2D eigenvalue weighted by molar-refractivity contribution is 6.31. The normalized spacial score (nSPS) is 10.3. The van der Waals surface area contributed by atoms with Crippen LogP contribution in [0.15, 0.2) is 42.7 Å². The van der Waals surface area contributed by atoms with Crippen LogP contribution in [0.5, 0.6) is 0 Å². The smallest absolute Gasteiger partial charge is 0.231 e. The van der Waals surface area contributed by atoms with Crippen molar-refractivity contribution in [3.05, 3.63) is 65.0 Å². The van der Waals surface area contributed by atoms with Gasteiger partial charge in [0.2, 0.25) is 12.5 Å². The number of nitrogens with one attached hydrogen (secondary N) is 2. The van der Waals surface area contributed by atoms with E-state index in [0.29, 0.717) is 28.1 Å². The van der Waals surface area contributed by atoms with E-state index in [-0.39, 0.29) is 23.9 Å². The molecule has 3 rings (SSSR count). The Labute approximate surface area is 153 Å². The van der Waals surface area contributed by atoms with Crippen LogP contribution in [0.1, 0.15) is 6.42 Å². The Morgan fingerprint density at radius 3 is 2.77 bits per heavy atom. The summed E-state index contributed by atoms with van der Waals surface area (Å²) < 4.78 is 13.3. The summed E-state index contributed by atoms with van der Waals surface area (Å²) in [4.78, 5) is 23.4. The quantitative estimate of drug-likeness (QED) is 0.653. The highest BCUT2D eigenvalue weighted by atomic mass is 35.5. The van der Waals surface area contributed by atoms with Gasteiger partial charge >= 0.3 is 0 Å². The van der Waals surface area contributed by atoms with Crippen LogP contribution in [0.2, 0.25) is 5.02 Å². The number of carbonyl (C=O) groups excluding carboxylic acids is 1. The first-order chi connectivity index (χ1) is 12.6. The number of anilines is 3. The topological polar surface area (TPSA) is 71.3 Å². The van der Waals surface area contributed by atoms with E-state index >= 15 is 0 Å². The van der Waals surface area contributed by atoms with Crippen LogP contribution in [-0.2, 0) is 4.79 Å². The van der Waals surface area contributed by atoms with Crippen LogP contribution in [0, 0.1) is 12.4 Å². The maximum absolute atomic E-state index is 13.3. The Balaban J connectivity index is 1.90. The van der Waals surface area contributed by atoms with Gasteiger partial charge in [0, 0.05) is 16.8 Å². The fraction of sp³-hybridized carbons (Fsp3) is 0.111. The summed E-state index contributed by atoms with van der Waals surface area (Å²) in [5.74, 6) is -0.249. The molecule has 0 fully saturated rings. The second-order valence-electron chi connectivity index (χ2n) is 5.39. The molecule has 3 aromatic rings. The molecule has 0 saturated heterocycles. The summed E-state index contributed by atoms with van der Waals surface area (Å²) >= 11 is 5.81. The number of amides is 1. The average Bonchev–Trinajstić information content (AvgIpc) is 2.63. The molecular weight excluding hydrogens is 357 g/mol. The summed E-state index contributed by atoms with van der Waals surface area (Å²) in [6, 6.07) is 9.48. The van der Waals surface area contributed by atoms with Crippen molar-refractivity contribution in [1.82, 2.24) is 9.97 Å². The Morgan fingerprint density at radius 2 is 2.00 bits per heavy atom. The summed E-state index contributed by atoms with van der Waals surface area (Å²) in [5.41, 5.74) is 1.82. The zero-order chi connectivity index (χ0) is 18.5. The monoisotopic (exact) mass is 369 g/mol. The van der Waals surface area contributed by atoms with Crippen LogP contribution in [0.25, 0.3) is 15.7 Å². The largest absolute Gasteiger partial charge is 0.340 e. The first kappa shape index (κ1) is 17.6. The maximum atomic E-state index is 13.3. The van der Waals surface area contributed by atoms with Crippen molar-refractivity contribution < 1.29 is 9.18 Å². The zero-order valence-corrected chi connectivity index (χ0v) is 14.2. The van der Waals surface area contributed by atoms with Crippen LogP contribution in [0.4, 0.5) is 21.6 Å². The summed E-state index contributed by atoms with van der Waals surface area (Å²) in [5, 5.41) is 6.49. The third kappa shape index (κ3) is 4.05. The van der Waals surface area contributed by atoms with E-state index in [4.69, 9.17) is 18.2 Å². The Morgan fingerprint density at radius 1 is 1.19 bits per heavy atom. The number of halogens is 2. The molecule has 1 aromatic heterocycles. The molecule has 0 aliphatic carbocycles. The Bertz CT molecular complexity index is 1020. The third-order valence-electron chi connectivity index (χ3n) is 3.55. The van der Waals surface area contributed by atoms with E-state index in [9.17, 15) is 9.18 Å². The molecule has 0 aliphatic rings. The van der Waals surface area contributed by atoms with Crippen LogP contribution < -0.4 is 10.6 Å². The molecule has 0 bridgehead atoms. The second kappa shape index (κ2) is 7.76. The van der Waals surface area contributed by atoms with Crippen molar-refractivity contribution in [3.63, 3.8) is 0 Å². The number of aromatic nitrogens is 2. The molecule has 6 nitrogen and oxygen atoms in total. The maximum Gasteiger partial charge on any atom is 0.231 e. The molecule has 0 spiro atoms. The fourth-order valence-corrected chi connectivity index (χ4v) is 2.51. The lowest BCUT2D eigenvalue weighted by Crippen LogP contribution is -2.12. The van der Waals surface area contributed by atoms with Crippen molar-refractivity contribution in [3.8, 4) is 0 Å². The number of nitrogens with zero attached hydrogens (tertiary/aromatic N) is 3. The highest BCUT2D eigenvalue weighted by Crippen LogP contribution is 2.27. The first-order valence-corrected chi connectivity index (χ1v) is 8.04. The van der Waals surface area contributed by atoms with Gasteiger partial charge in [-0.15, -0.1) is 0 Å².